The van der Waals surface area contributed by atoms with Crippen molar-refractivity contribution >= 4 is 5.71 Å². The third-order valence-corrected chi connectivity index (χ3v) is 1.21. The van der Waals surface area contributed by atoms with Crippen molar-refractivity contribution in [2.45, 2.75) is 20.8 Å². The van der Waals surface area contributed by atoms with Gasteiger partial charge >= 0.3 is 0 Å². The molecule has 0 radical (unpaired) electrons. The summed E-state index contributed by atoms with van der Waals surface area (Å²) in [5, 5.41) is 0. The van der Waals surface area contributed by atoms with Crippen LogP contribution in [0.4, 0.5) is 0 Å². The summed E-state index contributed by atoms with van der Waals surface area (Å²) in [6.45, 7) is 8.24. The van der Waals surface area contributed by atoms with Crippen LogP contribution in [0.15, 0.2) is 17.1 Å². The number of hydrogen-bond donors (Lipinski definition) is 0. The molecule has 11 heavy (non-hydrogen) atoms. The van der Waals surface area contributed by atoms with Crippen LogP contribution in [0.1, 0.15) is 20.8 Å². The van der Waals surface area contributed by atoms with Crippen LogP contribution in [0.25, 0.3) is 0 Å². The summed E-state index contributed by atoms with van der Waals surface area (Å²) in [7, 11) is 0. The highest BCUT2D eigenvalue weighted by molar-refractivity contribution is 5.92. The smallest absolute Gasteiger partial charge is 0.0661 e. The third-order valence-electron chi connectivity index (χ3n) is 1.21. The van der Waals surface area contributed by atoms with Crippen molar-refractivity contribution in [3.63, 3.8) is 0 Å². The van der Waals surface area contributed by atoms with Crippen LogP contribution in [-0.4, -0.2) is 25.5 Å². The molecule has 2 heteroatoms. The van der Waals surface area contributed by atoms with Crippen LogP contribution < -0.4 is 0 Å². The normalized spacial score (nSPS) is 12.8. The lowest BCUT2D eigenvalue weighted by molar-refractivity contribution is 0.156. The maximum Gasteiger partial charge on any atom is 0.0661 e. The Balaban J connectivity index is 3.40. The fourth-order valence-electron chi connectivity index (χ4n) is 0.725. The highest BCUT2D eigenvalue weighted by Crippen LogP contribution is 1.82. The maximum absolute atomic E-state index is 5.13. The second-order valence-electron chi connectivity index (χ2n) is 2.22. The fourth-order valence-corrected chi connectivity index (χ4v) is 0.725. The molecule has 0 rings (SSSR count). The lowest BCUT2D eigenvalue weighted by atomic mass is 10.4. The molecule has 0 aliphatic carbocycles. The Morgan fingerprint density at radius 2 is 2.27 bits per heavy atom. The van der Waals surface area contributed by atoms with Crippen LogP contribution in [0.2, 0.25) is 0 Å². The van der Waals surface area contributed by atoms with Crippen LogP contribution in [0.5, 0.6) is 0 Å². The summed E-state index contributed by atoms with van der Waals surface area (Å²) in [5.41, 5.74) is 1.06. The molecule has 0 unspecified atom stereocenters. The first-order valence-electron chi connectivity index (χ1n) is 4.02. The zero-order chi connectivity index (χ0) is 8.53. The second kappa shape index (κ2) is 7.48. The van der Waals surface area contributed by atoms with Gasteiger partial charge in [-0.1, -0.05) is 6.08 Å². The minimum atomic E-state index is 0.728. The Morgan fingerprint density at radius 3 is 2.82 bits per heavy atom. The summed E-state index contributed by atoms with van der Waals surface area (Å²) in [4.78, 5) is 4.26. The lowest BCUT2D eigenvalue weighted by Crippen LogP contribution is -1.98. The van der Waals surface area contributed by atoms with Crippen LogP contribution in [0, 0.1) is 0 Å². The van der Waals surface area contributed by atoms with Crippen molar-refractivity contribution in [3.8, 4) is 0 Å². The van der Waals surface area contributed by atoms with Gasteiger partial charge in [0.05, 0.1) is 13.2 Å². The Kier molecular flexibility index (Phi) is 7.05. The van der Waals surface area contributed by atoms with E-state index >= 15 is 0 Å². The number of aliphatic imine (C=N–C) groups is 1. The molecule has 0 spiro atoms. The van der Waals surface area contributed by atoms with Gasteiger partial charge in [0, 0.05) is 12.3 Å². The van der Waals surface area contributed by atoms with Gasteiger partial charge in [0.25, 0.3) is 0 Å². The van der Waals surface area contributed by atoms with Gasteiger partial charge in [0.15, 0.2) is 0 Å². The number of allylic oxidation sites excluding steroid dienone is 2. The molecule has 0 saturated carbocycles. The van der Waals surface area contributed by atoms with E-state index in [1.807, 2.05) is 32.9 Å². The molecular weight excluding hydrogens is 138 g/mol. The van der Waals surface area contributed by atoms with Gasteiger partial charge in [-0.15, -0.1) is 0 Å². The van der Waals surface area contributed by atoms with Gasteiger partial charge in [0.2, 0.25) is 0 Å². The zero-order valence-corrected chi connectivity index (χ0v) is 7.63. The summed E-state index contributed by atoms with van der Waals surface area (Å²) < 4.78 is 5.13. The van der Waals surface area contributed by atoms with Crippen molar-refractivity contribution < 1.29 is 4.74 Å². The van der Waals surface area contributed by atoms with E-state index < -0.39 is 0 Å². The maximum atomic E-state index is 5.13. The first kappa shape index (κ1) is 10.4. The quantitative estimate of drug-likeness (QED) is 0.440. The molecule has 0 heterocycles. The van der Waals surface area contributed by atoms with E-state index in [-0.39, 0.29) is 0 Å². The Hall–Kier alpha value is -0.630. The summed E-state index contributed by atoms with van der Waals surface area (Å²) in [6, 6.07) is 0. The minimum Gasteiger partial charge on any atom is -0.380 e. The van der Waals surface area contributed by atoms with E-state index in [0.29, 0.717) is 0 Å². The van der Waals surface area contributed by atoms with Crippen molar-refractivity contribution in [2.75, 3.05) is 19.8 Å². The second-order valence-corrected chi connectivity index (χ2v) is 2.22. The molecule has 0 aliphatic rings. The number of rotatable bonds is 5. The standard InChI is InChI=1S/C9H17NO/c1-4-6-9(3)10-7-8-11-5-2/h4,6H,5,7-8H2,1-3H3. The lowest BCUT2D eigenvalue weighted by Gasteiger charge is -1.96. The average molecular weight is 155 g/mol. The van der Waals surface area contributed by atoms with Gasteiger partial charge in [-0.25, -0.2) is 0 Å². The summed E-state index contributed by atoms with van der Waals surface area (Å²) >= 11 is 0. The Morgan fingerprint density at radius 1 is 1.55 bits per heavy atom. The third kappa shape index (κ3) is 7.26. The molecule has 0 atom stereocenters. The van der Waals surface area contributed by atoms with Crippen molar-refractivity contribution in [3.05, 3.63) is 12.2 Å². The zero-order valence-electron chi connectivity index (χ0n) is 7.63. The molecule has 0 fully saturated rings. The van der Waals surface area contributed by atoms with E-state index in [9.17, 15) is 0 Å². The van der Waals surface area contributed by atoms with Gasteiger partial charge in [-0.3, -0.25) is 4.99 Å². The molecule has 0 aliphatic heterocycles. The number of ether oxygens (including phenoxy) is 1. The monoisotopic (exact) mass is 155 g/mol. The van der Waals surface area contributed by atoms with Gasteiger partial charge in [-0.05, 0) is 26.8 Å². The summed E-state index contributed by atoms with van der Waals surface area (Å²) in [6.07, 6.45) is 3.98. The van der Waals surface area contributed by atoms with Gasteiger partial charge in [-0.2, -0.15) is 0 Å². The largest absolute Gasteiger partial charge is 0.380 e. The topological polar surface area (TPSA) is 21.6 Å². The van der Waals surface area contributed by atoms with Gasteiger partial charge < -0.3 is 4.74 Å². The van der Waals surface area contributed by atoms with E-state index in [0.717, 1.165) is 25.5 Å². The van der Waals surface area contributed by atoms with E-state index in [2.05, 4.69) is 4.99 Å². The van der Waals surface area contributed by atoms with Crippen LogP contribution >= 0.6 is 0 Å². The van der Waals surface area contributed by atoms with Crippen LogP contribution in [0.3, 0.4) is 0 Å². The molecule has 64 valence electrons. The Labute approximate surface area is 69.0 Å². The molecule has 0 amide bonds. The molecule has 0 N–H and O–H groups in total. The number of hydrogen-bond acceptors (Lipinski definition) is 2. The predicted octanol–water partition coefficient (Wildman–Crippen LogP) is 2.06. The Bertz CT molecular complexity index is 138. The highest BCUT2D eigenvalue weighted by atomic mass is 16.5. The van der Waals surface area contributed by atoms with E-state index in [1.165, 1.54) is 0 Å². The predicted molar refractivity (Wildman–Crippen MR) is 49.3 cm³/mol. The minimum absolute atomic E-state index is 0.728. The summed E-state index contributed by atoms with van der Waals surface area (Å²) in [5.74, 6) is 0. The first-order chi connectivity index (χ1) is 5.31. The molecular formula is C9H17NO. The van der Waals surface area contributed by atoms with Crippen LogP contribution in [-0.2, 0) is 4.74 Å². The molecule has 0 aromatic rings. The van der Waals surface area contributed by atoms with Crippen molar-refractivity contribution in [2.24, 2.45) is 4.99 Å². The highest BCUT2D eigenvalue weighted by Gasteiger charge is 1.83. The van der Waals surface area contributed by atoms with Gasteiger partial charge in [0.1, 0.15) is 0 Å². The SMILES string of the molecule is CC=CC(C)=NCCOCC. The molecule has 0 bridgehead atoms. The van der Waals surface area contributed by atoms with Crippen molar-refractivity contribution in [1.82, 2.24) is 0 Å². The van der Waals surface area contributed by atoms with Crippen molar-refractivity contribution in [1.29, 1.82) is 0 Å². The molecule has 0 aromatic carbocycles. The fraction of sp³-hybridized carbons (Fsp3) is 0.667. The van der Waals surface area contributed by atoms with E-state index in [1.54, 1.807) is 0 Å². The first-order valence-corrected chi connectivity index (χ1v) is 4.02. The molecule has 0 aromatic heterocycles. The number of nitrogens with zero attached hydrogens (tertiary/aromatic N) is 1. The molecule has 2 nitrogen and oxygen atoms in total. The van der Waals surface area contributed by atoms with E-state index in [4.69, 9.17) is 4.74 Å². The average Bonchev–Trinajstić information content (AvgIpc) is 1.99. The molecule has 0 saturated heterocycles.